The SMILES string of the molecule is C=CC(C)C=CCCCCCCCCO. The van der Waals surface area contributed by atoms with Crippen LogP contribution in [0.4, 0.5) is 0 Å². The second-order valence-electron chi connectivity index (χ2n) is 4.16. The van der Waals surface area contributed by atoms with E-state index in [1.807, 2.05) is 6.08 Å². The van der Waals surface area contributed by atoms with Gasteiger partial charge in [0.2, 0.25) is 0 Å². The Labute approximate surface area is 94.9 Å². The topological polar surface area (TPSA) is 20.2 Å². The summed E-state index contributed by atoms with van der Waals surface area (Å²) in [6.45, 7) is 6.25. The standard InChI is InChI=1S/C14H26O/c1-3-14(2)12-10-8-6-4-5-7-9-11-13-15/h3,10,12,14-15H,1,4-9,11,13H2,2H3. The molecule has 15 heavy (non-hydrogen) atoms. The molecule has 0 saturated carbocycles. The molecule has 0 aromatic carbocycles. The van der Waals surface area contributed by atoms with E-state index in [4.69, 9.17) is 5.11 Å². The molecule has 0 aliphatic rings. The van der Waals surface area contributed by atoms with Crippen LogP contribution >= 0.6 is 0 Å². The molecule has 0 amide bonds. The normalized spacial score (nSPS) is 13.2. The molecule has 1 N–H and O–H groups in total. The molecule has 1 heteroatoms. The maximum Gasteiger partial charge on any atom is 0.0431 e. The zero-order valence-corrected chi connectivity index (χ0v) is 10.1. The third-order valence-corrected chi connectivity index (χ3v) is 2.59. The Morgan fingerprint density at radius 2 is 1.67 bits per heavy atom. The quantitative estimate of drug-likeness (QED) is 0.425. The summed E-state index contributed by atoms with van der Waals surface area (Å²) in [6, 6.07) is 0. The van der Waals surface area contributed by atoms with E-state index in [-0.39, 0.29) is 0 Å². The van der Waals surface area contributed by atoms with Crippen molar-refractivity contribution in [2.45, 2.75) is 51.9 Å². The third kappa shape index (κ3) is 11.4. The summed E-state index contributed by atoms with van der Waals surface area (Å²) in [7, 11) is 0. The average Bonchev–Trinajstić information content (AvgIpc) is 2.26. The minimum Gasteiger partial charge on any atom is -0.396 e. The highest BCUT2D eigenvalue weighted by Crippen LogP contribution is 2.08. The summed E-state index contributed by atoms with van der Waals surface area (Å²) >= 11 is 0. The van der Waals surface area contributed by atoms with Gasteiger partial charge in [-0.3, -0.25) is 0 Å². The van der Waals surface area contributed by atoms with Gasteiger partial charge in [0.1, 0.15) is 0 Å². The molecule has 0 aromatic rings. The van der Waals surface area contributed by atoms with Crippen LogP contribution in [0.15, 0.2) is 24.8 Å². The van der Waals surface area contributed by atoms with Crippen LogP contribution < -0.4 is 0 Å². The molecule has 1 atom stereocenters. The van der Waals surface area contributed by atoms with Gasteiger partial charge in [0, 0.05) is 6.61 Å². The summed E-state index contributed by atoms with van der Waals surface area (Å²) in [4.78, 5) is 0. The fourth-order valence-corrected chi connectivity index (χ4v) is 1.47. The summed E-state index contributed by atoms with van der Waals surface area (Å²) in [5.41, 5.74) is 0. The molecule has 1 nitrogen and oxygen atoms in total. The van der Waals surface area contributed by atoms with Crippen molar-refractivity contribution in [3.8, 4) is 0 Å². The van der Waals surface area contributed by atoms with Crippen molar-refractivity contribution in [1.29, 1.82) is 0 Å². The van der Waals surface area contributed by atoms with Gasteiger partial charge in [0.25, 0.3) is 0 Å². The fourth-order valence-electron chi connectivity index (χ4n) is 1.47. The Morgan fingerprint density at radius 3 is 2.27 bits per heavy atom. The van der Waals surface area contributed by atoms with Gasteiger partial charge in [-0.05, 0) is 25.2 Å². The van der Waals surface area contributed by atoms with Crippen LogP contribution in [-0.4, -0.2) is 11.7 Å². The number of aliphatic hydroxyl groups is 1. The highest BCUT2D eigenvalue weighted by atomic mass is 16.2. The second kappa shape index (κ2) is 11.5. The number of hydrogen-bond acceptors (Lipinski definition) is 1. The minimum atomic E-state index is 0.349. The smallest absolute Gasteiger partial charge is 0.0431 e. The van der Waals surface area contributed by atoms with Gasteiger partial charge in [0.15, 0.2) is 0 Å². The zero-order chi connectivity index (χ0) is 11.4. The monoisotopic (exact) mass is 210 g/mol. The molecule has 0 aromatic heterocycles. The maximum absolute atomic E-state index is 8.60. The van der Waals surface area contributed by atoms with Gasteiger partial charge in [-0.2, -0.15) is 0 Å². The van der Waals surface area contributed by atoms with Gasteiger partial charge >= 0.3 is 0 Å². The Bertz CT molecular complexity index is 161. The summed E-state index contributed by atoms with van der Waals surface area (Å²) in [5, 5.41) is 8.60. The van der Waals surface area contributed by atoms with Crippen LogP contribution in [0.5, 0.6) is 0 Å². The molecule has 1 unspecified atom stereocenters. The molecule has 0 bridgehead atoms. The van der Waals surface area contributed by atoms with E-state index in [0.29, 0.717) is 12.5 Å². The van der Waals surface area contributed by atoms with E-state index in [1.165, 1.54) is 38.5 Å². The fraction of sp³-hybridized carbons (Fsp3) is 0.714. The van der Waals surface area contributed by atoms with Crippen LogP contribution in [0.2, 0.25) is 0 Å². The van der Waals surface area contributed by atoms with Gasteiger partial charge < -0.3 is 5.11 Å². The minimum absolute atomic E-state index is 0.349. The molecule has 0 aliphatic carbocycles. The van der Waals surface area contributed by atoms with Crippen molar-refractivity contribution < 1.29 is 5.11 Å². The number of allylic oxidation sites excluding steroid dienone is 3. The van der Waals surface area contributed by atoms with Crippen LogP contribution in [0.1, 0.15) is 51.9 Å². The second-order valence-corrected chi connectivity index (χ2v) is 4.16. The van der Waals surface area contributed by atoms with E-state index in [0.717, 1.165) is 6.42 Å². The predicted molar refractivity (Wildman–Crippen MR) is 67.9 cm³/mol. The van der Waals surface area contributed by atoms with E-state index < -0.39 is 0 Å². The summed E-state index contributed by atoms with van der Waals surface area (Å²) in [6.07, 6.45) is 15.0. The van der Waals surface area contributed by atoms with E-state index in [9.17, 15) is 0 Å². The van der Waals surface area contributed by atoms with Crippen LogP contribution in [0.3, 0.4) is 0 Å². The molecule has 88 valence electrons. The summed E-state index contributed by atoms with van der Waals surface area (Å²) < 4.78 is 0. The highest BCUT2D eigenvalue weighted by molar-refractivity contribution is 4.94. The molecular weight excluding hydrogens is 184 g/mol. The first kappa shape index (κ1) is 14.4. The number of unbranched alkanes of at least 4 members (excludes halogenated alkanes) is 6. The predicted octanol–water partition coefficient (Wildman–Crippen LogP) is 4.09. The van der Waals surface area contributed by atoms with Gasteiger partial charge in [0.05, 0.1) is 0 Å². The molecule has 0 rings (SSSR count). The van der Waals surface area contributed by atoms with E-state index in [1.54, 1.807) is 0 Å². The van der Waals surface area contributed by atoms with Crippen LogP contribution in [-0.2, 0) is 0 Å². The maximum atomic E-state index is 8.60. The lowest BCUT2D eigenvalue weighted by Crippen LogP contribution is -1.84. The first-order valence-corrected chi connectivity index (χ1v) is 6.21. The van der Waals surface area contributed by atoms with Crippen molar-refractivity contribution in [2.24, 2.45) is 5.92 Å². The molecule has 0 aliphatic heterocycles. The number of rotatable bonds is 10. The molecular formula is C14H26O. The van der Waals surface area contributed by atoms with Crippen LogP contribution in [0.25, 0.3) is 0 Å². The van der Waals surface area contributed by atoms with Crippen molar-refractivity contribution >= 4 is 0 Å². The van der Waals surface area contributed by atoms with Crippen molar-refractivity contribution in [1.82, 2.24) is 0 Å². The Balaban J connectivity index is 3.11. The molecule has 0 radical (unpaired) electrons. The summed E-state index contributed by atoms with van der Waals surface area (Å²) in [5.74, 6) is 0.509. The largest absolute Gasteiger partial charge is 0.396 e. The number of hydrogen-bond donors (Lipinski definition) is 1. The highest BCUT2D eigenvalue weighted by Gasteiger charge is 1.90. The molecule has 0 heterocycles. The Hall–Kier alpha value is -0.560. The lowest BCUT2D eigenvalue weighted by molar-refractivity contribution is 0.282. The first-order chi connectivity index (χ1) is 7.31. The van der Waals surface area contributed by atoms with Gasteiger partial charge in [-0.1, -0.05) is 50.8 Å². The Morgan fingerprint density at radius 1 is 1.07 bits per heavy atom. The Kier molecular flexibility index (Phi) is 11.1. The average molecular weight is 210 g/mol. The first-order valence-electron chi connectivity index (χ1n) is 6.21. The molecule has 0 saturated heterocycles. The molecule has 0 spiro atoms. The lowest BCUT2D eigenvalue weighted by atomic mass is 10.1. The molecule has 0 fully saturated rings. The third-order valence-electron chi connectivity index (χ3n) is 2.59. The van der Waals surface area contributed by atoms with Crippen molar-refractivity contribution in [3.05, 3.63) is 24.8 Å². The van der Waals surface area contributed by atoms with E-state index in [2.05, 4.69) is 25.7 Å². The van der Waals surface area contributed by atoms with Crippen LogP contribution in [0, 0.1) is 5.92 Å². The van der Waals surface area contributed by atoms with Gasteiger partial charge in [-0.15, -0.1) is 6.58 Å². The van der Waals surface area contributed by atoms with Crippen molar-refractivity contribution in [2.75, 3.05) is 6.61 Å². The van der Waals surface area contributed by atoms with E-state index >= 15 is 0 Å². The zero-order valence-electron chi connectivity index (χ0n) is 10.1. The van der Waals surface area contributed by atoms with Gasteiger partial charge in [-0.25, -0.2) is 0 Å². The number of aliphatic hydroxyl groups excluding tert-OH is 1. The van der Waals surface area contributed by atoms with Crippen molar-refractivity contribution in [3.63, 3.8) is 0 Å². The lowest BCUT2D eigenvalue weighted by Gasteiger charge is -1.99.